The summed E-state index contributed by atoms with van der Waals surface area (Å²) in [5, 5.41) is 3.78. The van der Waals surface area contributed by atoms with Crippen molar-refractivity contribution in [3.05, 3.63) is 78.5 Å². The molecule has 4 aromatic rings. The van der Waals surface area contributed by atoms with Crippen LogP contribution in [0.3, 0.4) is 0 Å². The smallest absolute Gasteiger partial charge is 0.242 e. The van der Waals surface area contributed by atoms with Crippen molar-refractivity contribution in [2.24, 2.45) is 0 Å². The standard InChI is InChI=1S/C27H28N2O2S/c1-19-14-29(15-20(2)31-19)27(30)17-28-16-26(24-12-5-6-13-25(24)28)32-18-22-10-7-9-21-8-3-4-11-23(21)22/h3-13,16,19-20H,14-15,17-18H2,1-2H3/t19-,20-/m1/s1. The van der Waals surface area contributed by atoms with Crippen LogP contribution in [0, 0.1) is 0 Å². The molecule has 1 saturated heterocycles. The largest absolute Gasteiger partial charge is 0.372 e. The summed E-state index contributed by atoms with van der Waals surface area (Å²) in [5.41, 5.74) is 2.44. The molecule has 4 nitrogen and oxygen atoms in total. The molecule has 5 heteroatoms. The number of aromatic nitrogens is 1. The van der Waals surface area contributed by atoms with Gasteiger partial charge in [0.1, 0.15) is 6.54 Å². The number of thioether (sulfide) groups is 1. The highest BCUT2D eigenvalue weighted by Gasteiger charge is 2.26. The number of morpholine rings is 1. The number of hydrogen-bond acceptors (Lipinski definition) is 3. The summed E-state index contributed by atoms with van der Waals surface area (Å²) in [6, 6.07) is 23.4. The summed E-state index contributed by atoms with van der Waals surface area (Å²) in [6.07, 6.45) is 2.30. The van der Waals surface area contributed by atoms with Crippen LogP contribution in [0.2, 0.25) is 0 Å². The number of fused-ring (bicyclic) bond motifs is 2. The van der Waals surface area contributed by atoms with Crippen LogP contribution in [0.4, 0.5) is 0 Å². The fourth-order valence-electron chi connectivity index (χ4n) is 4.66. The molecule has 1 amide bonds. The molecular weight excluding hydrogens is 416 g/mol. The zero-order valence-corrected chi connectivity index (χ0v) is 19.3. The minimum atomic E-state index is 0.0796. The van der Waals surface area contributed by atoms with Gasteiger partial charge in [-0.15, -0.1) is 11.8 Å². The van der Waals surface area contributed by atoms with Crippen molar-refractivity contribution in [3.63, 3.8) is 0 Å². The molecule has 0 aliphatic carbocycles. The molecule has 1 aliphatic heterocycles. The number of para-hydroxylation sites is 1. The van der Waals surface area contributed by atoms with Gasteiger partial charge in [0, 0.05) is 40.8 Å². The van der Waals surface area contributed by atoms with Crippen LogP contribution in [0.5, 0.6) is 0 Å². The van der Waals surface area contributed by atoms with Gasteiger partial charge in [0.2, 0.25) is 5.91 Å². The van der Waals surface area contributed by atoms with E-state index in [0.717, 1.165) is 11.3 Å². The first kappa shape index (κ1) is 21.1. The van der Waals surface area contributed by atoms with Gasteiger partial charge in [-0.1, -0.05) is 60.7 Å². The summed E-state index contributed by atoms with van der Waals surface area (Å²) in [6.45, 7) is 5.73. The molecule has 0 saturated carbocycles. The minimum absolute atomic E-state index is 0.0796. The summed E-state index contributed by atoms with van der Waals surface area (Å²) in [7, 11) is 0. The van der Waals surface area contributed by atoms with Crippen molar-refractivity contribution in [1.82, 2.24) is 9.47 Å². The SMILES string of the molecule is C[C@@H]1CN(C(=O)Cn2cc(SCc3cccc4ccccc34)c3ccccc32)C[C@@H](C)O1. The van der Waals surface area contributed by atoms with Gasteiger partial charge in [0.05, 0.1) is 12.2 Å². The van der Waals surface area contributed by atoms with Gasteiger partial charge < -0.3 is 14.2 Å². The van der Waals surface area contributed by atoms with Crippen molar-refractivity contribution >= 4 is 39.3 Å². The normalized spacial score (nSPS) is 19.0. The van der Waals surface area contributed by atoms with E-state index in [0.29, 0.717) is 19.6 Å². The maximum Gasteiger partial charge on any atom is 0.242 e. The maximum atomic E-state index is 13.1. The van der Waals surface area contributed by atoms with Crippen molar-refractivity contribution in [2.75, 3.05) is 13.1 Å². The molecule has 32 heavy (non-hydrogen) atoms. The fraction of sp³-hybridized carbons (Fsp3) is 0.296. The maximum absolute atomic E-state index is 13.1. The highest BCUT2D eigenvalue weighted by molar-refractivity contribution is 7.98. The molecule has 3 aromatic carbocycles. The molecular formula is C27H28N2O2S. The number of carbonyl (C=O) groups is 1. The van der Waals surface area contributed by atoms with Crippen molar-refractivity contribution < 1.29 is 9.53 Å². The summed E-state index contributed by atoms with van der Waals surface area (Å²) >= 11 is 1.84. The lowest BCUT2D eigenvalue weighted by Crippen LogP contribution is -2.49. The number of benzene rings is 3. The average Bonchev–Trinajstić information content (AvgIpc) is 3.14. The molecule has 0 radical (unpaired) electrons. The van der Waals surface area contributed by atoms with Gasteiger partial charge in [0.15, 0.2) is 0 Å². The molecule has 1 aromatic heterocycles. The fourth-order valence-corrected chi connectivity index (χ4v) is 5.75. The van der Waals surface area contributed by atoms with Crippen LogP contribution in [-0.4, -0.2) is 40.7 Å². The summed E-state index contributed by atoms with van der Waals surface area (Å²) < 4.78 is 7.90. The molecule has 0 unspecified atom stereocenters. The second-order valence-corrected chi connectivity index (χ2v) is 9.64. The number of hydrogen-bond donors (Lipinski definition) is 0. The molecule has 164 valence electrons. The van der Waals surface area contributed by atoms with E-state index in [1.807, 2.05) is 36.6 Å². The molecule has 0 spiro atoms. The predicted molar refractivity (Wildman–Crippen MR) is 132 cm³/mol. The number of nitrogens with zero attached hydrogens (tertiary/aromatic N) is 2. The van der Waals surface area contributed by atoms with Crippen LogP contribution in [-0.2, 0) is 21.8 Å². The molecule has 5 rings (SSSR count). The molecule has 2 atom stereocenters. The van der Waals surface area contributed by atoms with Crippen LogP contribution in [0.1, 0.15) is 19.4 Å². The Bertz CT molecular complexity index is 1250. The van der Waals surface area contributed by atoms with E-state index >= 15 is 0 Å². The Morgan fingerprint density at radius 2 is 1.62 bits per heavy atom. The first-order valence-electron chi connectivity index (χ1n) is 11.2. The molecule has 0 bridgehead atoms. The van der Waals surface area contributed by atoms with Gasteiger partial charge in [-0.3, -0.25) is 4.79 Å². The monoisotopic (exact) mass is 444 g/mol. The zero-order valence-electron chi connectivity index (χ0n) is 18.5. The zero-order chi connectivity index (χ0) is 22.1. The second-order valence-electron chi connectivity index (χ2n) is 8.62. The van der Waals surface area contributed by atoms with Gasteiger partial charge in [0.25, 0.3) is 0 Å². The Morgan fingerprint density at radius 3 is 2.44 bits per heavy atom. The molecule has 1 aliphatic rings. The van der Waals surface area contributed by atoms with E-state index in [9.17, 15) is 4.79 Å². The Kier molecular flexibility index (Phi) is 5.94. The lowest BCUT2D eigenvalue weighted by Gasteiger charge is -2.35. The average molecular weight is 445 g/mol. The molecule has 0 N–H and O–H groups in total. The van der Waals surface area contributed by atoms with E-state index in [2.05, 4.69) is 71.4 Å². The van der Waals surface area contributed by atoms with Gasteiger partial charge in [-0.05, 0) is 36.2 Å². The third-order valence-electron chi connectivity index (χ3n) is 6.09. The first-order valence-corrected chi connectivity index (χ1v) is 12.2. The minimum Gasteiger partial charge on any atom is -0.372 e. The van der Waals surface area contributed by atoms with Crippen molar-refractivity contribution in [3.8, 4) is 0 Å². The number of amides is 1. The van der Waals surface area contributed by atoms with E-state index in [4.69, 9.17) is 4.74 Å². The highest BCUT2D eigenvalue weighted by atomic mass is 32.2. The second kappa shape index (κ2) is 9.00. The van der Waals surface area contributed by atoms with Crippen LogP contribution in [0.15, 0.2) is 77.8 Å². The summed E-state index contributed by atoms with van der Waals surface area (Å²) in [4.78, 5) is 16.2. The van der Waals surface area contributed by atoms with E-state index in [1.54, 1.807) is 0 Å². The van der Waals surface area contributed by atoms with E-state index in [1.165, 1.54) is 26.6 Å². The Hall–Kier alpha value is -2.76. The van der Waals surface area contributed by atoms with Gasteiger partial charge in [-0.25, -0.2) is 0 Å². The number of ether oxygens (including phenoxy) is 1. The number of rotatable bonds is 5. The van der Waals surface area contributed by atoms with Crippen molar-refractivity contribution in [1.29, 1.82) is 0 Å². The van der Waals surface area contributed by atoms with Gasteiger partial charge in [-0.2, -0.15) is 0 Å². The van der Waals surface area contributed by atoms with Gasteiger partial charge >= 0.3 is 0 Å². The van der Waals surface area contributed by atoms with Crippen LogP contribution in [0.25, 0.3) is 21.7 Å². The van der Waals surface area contributed by atoms with E-state index < -0.39 is 0 Å². The lowest BCUT2D eigenvalue weighted by molar-refractivity contribution is -0.143. The Morgan fingerprint density at radius 1 is 0.938 bits per heavy atom. The topological polar surface area (TPSA) is 34.5 Å². The van der Waals surface area contributed by atoms with Crippen LogP contribution < -0.4 is 0 Å². The third kappa shape index (κ3) is 4.27. The lowest BCUT2D eigenvalue weighted by atomic mass is 10.1. The van der Waals surface area contributed by atoms with Crippen LogP contribution >= 0.6 is 11.8 Å². The highest BCUT2D eigenvalue weighted by Crippen LogP contribution is 2.34. The predicted octanol–water partition coefficient (Wildman–Crippen LogP) is 5.72. The first-order chi connectivity index (χ1) is 15.6. The Labute approximate surface area is 193 Å². The van der Waals surface area contributed by atoms with E-state index in [-0.39, 0.29) is 18.1 Å². The third-order valence-corrected chi connectivity index (χ3v) is 7.18. The molecule has 2 heterocycles. The molecule has 1 fully saturated rings. The van der Waals surface area contributed by atoms with Crippen molar-refractivity contribution in [2.45, 2.75) is 43.2 Å². The number of carbonyl (C=O) groups excluding carboxylic acids is 1. The summed E-state index contributed by atoms with van der Waals surface area (Å²) in [5.74, 6) is 1.04. The Balaban J connectivity index is 1.38. The quantitative estimate of drug-likeness (QED) is 0.369.